The van der Waals surface area contributed by atoms with Gasteiger partial charge in [-0.05, 0) is 12.8 Å². The number of aliphatic carboxylic acids is 1. The second-order valence-corrected chi connectivity index (χ2v) is 6.20. The van der Waals surface area contributed by atoms with E-state index in [-0.39, 0.29) is 5.69 Å². The maximum Gasteiger partial charge on any atom is 0.329 e. The maximum absolute atomic E-state index is 12.7. The fourth-order valence-electron chi connectivity index (χ4n) is 3.31. The zero-order valence-corrected chi connectivity index (χ0v) is 13.6. The molecule has 1 amide bonds. The summed E-state index contributed by atoms with van der Waals surface area (Å²) in [5.74, 6) is -0.893. The van der Waals surface area contributed by atoms with Gasteiger partial charge in [-0.2, -0.15) is 0 Å². The van der Waals surface area contributed by atoms with Crippen molar-refractivity contribution in [1.29, 1.82) is 0 Å². The Kier molecular flexibility index (Phi) is 4.38. The van der Waals surface area contributed by atoms with Crippen LogP contribution in [-0.2, 0) is 4.79 Å². The first kappa shape index (κ1) is 16.2. The van der Waals surface area contributed by atoms with Crippen LogP contribution in [0, 0.1) is 0 Å². The van der Waals surface area contributed by atoms with E-state index in [2.05, 4.69) is 5.16 Å². The molecule has 0 unspecified atom stereocenters. The smallest absolute Gasteiger partial charge is 0.329 e. The van der Waals surface area contributed by atoms with Gasteiger partial charge in [0.05, 0.1) is 0 Å². The van der Waals surface area contributed by atoms with Crippen molar-refractivity contribution in [2.24, 2.45) is 0 Å². The van der Waals surface area contributed by atoms with Crippen molar-refractivity contribution in [2.75, 3.05) is 7.05 Å². The molecule has 1 aliphatic rings. The highest BCUT2D eigenvalue weighted by molar-refractivity contribution is 5.96. The molecule has 3 rings (SSSR count). The van der Waals surface area contributed by atoms with Crippen LogP contribution in [-0.4, -0.2) is 39.6 Å². The summed E-state index contributed by atoms with van der Waals surface area (Å²) < 4.78 is 5.26. The molecule has 0 aliphatic heterocycles. The molecule has 1 fully saturated rings. The van der Waals surface area contributed by atoms with E-state index in [0.29, 0.717) is 18.6 Å². The predicted octanol–water partition coefficient (Wildman–Crippen LogP) is 3.20. The molecule has 1 aliphatic carbocycles. The quantitative estimate of drug-likeness (QED) is 0.932. The van der Waals surface area contributed by atoms with Crippen molar-refractivity contribution in [1.82, 2.24) is 10.1 Å². The minimum atomic E-state index is -1.15. The first-order valence-electron chi connectivity index (χ1n) is 8.08. The number of carboxylic acids is 1. The Labute approximate surface area is 140 Å². The van der Waals surface area contributed by atoms with Gasteiger partial charge < -0.3 is 14.5 Å². The first-order chi connectivity index (χ1) is 11.5. The fraction of sp³-hybridized carbons (Fsp3) is 0.389. The number of benzene rings is 1. The van der Waals surface area contributed by atoms with E-state index in [0.717, 1.165) is 24.8 Å². The van der Waals surface area contributed by atoms with Gasteiger partial charge in [-0.25, -0.2) is 4.79 Å². The van der Waals surface area contributed by atoms with Gasteiger partial charge in [0.1, 0.15) is 5.54 Å². The summed E-state index contributed by atoms with van der Waals surface area (Å²) >= 11 is 0. The summed E-state index contributed by atoms with van der Waals surface area (Å²) in [4.78, 5) is 25.9. The Morgan fingerprint density at radius 2 is 1.83 bits per heavy atom. The Hall–Kier alpha value is -2.63. The number of rotatable bonds is 4. The number of amides is 1. The molecule has 1 N–H and O–H groups in total. The van der Waals surface area contributed by atoms with Crippen molar-refractivity contribution < 1.29 is 19.2 Å². The molecule has 0 atom stereocenters. The van der Waals surface area contributed by atoms with E-state index < -0.39 is 17.4 Å². The van der Waals surface area contributed by atoms with Crippen LogP contribution in [0.5, 0.6) is 0 Å². The molecule has 1 aromatic carbocycles. The van der Waals surface area contributed by atoms with E-state index in [1.165, 1.54) is 4.90 Å². The molecule has 2 aromatic rings. The van der Waals surface area contributed by atoms with Gasteiger partial charge in [0.25, 0.3) is 5.91 Å². The minimum absolute atomic E-state index is 0.127. The topological polar surface area (TPSA) is 83.6 Å². The zero-order chi connectivity index (χ0) is 17.2. The highest BCUT2D eigenvalue weighted by Gasteiger charge is 2.46. The molecule has 1 saturated carbocycles. The lowest BCUT2D eigenvalue weighted by atomic mass is 9.80. The van der Waals surface area contributed by atoms with Crippen LogP contribution in [0.25, 0.3) is 11.3 Å². The fourth-order valence-corrected chi connectivity index (χ4v) is 3.31. The summed E-state index contributed by atoms with van der Waals surface area (Å²) in [7, 11) is 1.54. The normalized spacial score (nSPS) is 16.5. The van der Waals surface area contributed by atoms with Crippen LogP contribution in [0.15, 0.2) is 40.9 Å². The Bertz CT molecular complexity index is 732. The van der Waals surface area contributed by atoms with Gasteiger partial charge in [-0.15, -0.1) is 0 Å². The Balaban J connectivity index is 1.86. The van der Waals surface area contributed by atoms with Crippen molar-refractivity contribution in [3.63, 3.8) is 0 Å². The van der Waals surface area contributed by atoms with Gasteiger partial charge in [-0.3, -0.25) is 4.79 Å². The highest BCUT2D eigenvalue weighted by Crippen LogP contribution is 2.34. The molecular weight excluding hydrogens is 308 g/mol. The molecule has 0 bridgehead atoms. The standard InChI is InChI=1S/C18H20N2O4/c1-20(18(17(22)23)10-6-3-7-11-18)16(21)14-12-15(24-19-14)13-8-4-2-5-9-13/h2,4-5,8-9,12H,3,6-7,10-11H2,1H3,(H,22,23). The van der Waals surface area contributed by atoms with Crippen molar-refractivity contribution in [3.05, 3.63) is 42.1 Å². The molecule has 0 spiro atoms. The maximum atomic E-state index is 12.7. The third-order valence-corrected chi connectivity index (χ3v) is 4.81. The second-order valence-electron chi connectivity index (χ2n) is 6.20. The summed E-state index contributed by atoms with van der Waals surface area (Å²) in [6.45, 7) is 0. The average Bonchev–Trinajstić information content (AvgIpc) is 3.12. The van der Waals surface area contributed by atoms with Crippen LogP contribution in [0.4, 0.5) is 0 Å². The van der Waals surface area contributed by atoms with Gasteiger partial charge in [0, 0.05) is 18.7 Å². The summed E-state index contributed by atoms with van der Waals surface area (Å²) in [5.41, 5.74) is -0.207. The number of aromatic nitrogens is 1. The molecule has 6 heteroatoms. The number of nitrogens with zero attached hydrogens (tertiary/aromatic N) is 2. The summed E-state index contributed by atoms with van der Waals surface area (Å²) in [6, 6.07) is 10.9. The minimum Gasteiger partial charge on any atom is -0.479 e. The van der Waals surface area contributed by atoms with E-state index in [9.17, 15) is 14.7 Å². The molecule has 6 nitrogen and oxygen atoms in total. The van der Waals surface area contributed by atoms with Crippen molar-refractivity contribution >= 4 is 11.9 Å². The molecule has 126 valence electrons. The number of hydrogen-bond donors (Lipinski definition) is 1. The van der Waals surface area contributed by atoms with Crippen LogP contribution in [0.1, 0.15) is 42.6 Å². The molecule has 0 saturated heterocycles. The van der Waals surface area contributed by atoms with Crippen LogP contribution >= 0.6 is 0 Å². The first-order valence-corrected chi connectivity index (χ1v) is 8.08. The van der Waals surface area contributed by atoms with E-state index in [4.69, 9.17) is 4.52 Å². The van der Waals surface area contributed by atoms with E-state index >= 15 is 0 Å². The lowest BCUT2D eigenvalue weighted by molar-refractivity contribution is -0.151. The number of carboxylic acid groups (broad SMARTS) is 1. The van der Waals surface area contributed by atoms with Crippen LogP contribution in [0.3, 0.4) is 0 Å². The molecule has 1 heterocycles. The van der Waals surface area contributed by atoms with Gasteiger partial charge in [-0.1, -0.05) is 54.8 Å². The lowest BCUT2D eigenvalue weighted by Crippen LogP contribution is -2.56. The van der Waals surface area contributed by atoms with Gasteiger partial charge in [0.2, 0.25) is 0 Å². The van der Waals surface area contributed by atoms with Crippen molar-refractivity contribution in [3.8, 4) is 11.3 Å². The van der Waals surface area contributed by atoms with Gasteiger partial charge >= 0.3 is 5.97 Å². The van der Waals surface area contributed by atoms with Crippen LogP contribution in [0.2, 0.25) is 0 Å². The van der Waals surface area contributed by atoms with E-state index in [1.807, 2.05) is 30.3 Å². The zero-order valence-electron chi connectivity index (χ0n) is 13.6. The molecule has 1 aromatic heterocycles. The molecule has 0 radical (unpaired) electrons. The Morgan fingerprint density at radius 1 is 1.17 bits per heavy atom. The third-order valence-electron chi connectivity index (χ3n) is 4.81. The molecular formula is C18H20N2O4. The number of carbonyl (C=O) groups is 2. The van der Waals surface area contributed by atoms with E-state index in [1.54, 1.807) is 13.1 Å². The third kappa shape index (κ3) is 2.79. The summed E-state index contributed by atoms with van der Waals surface area (Å²) in [6.07, 6.45) is 3.54. The average molecular weight is 328 g/mol. The number of likely N-dealkylation sites (N-methyl/N-ethyl adjacent to an activating group) is 1. The number of carbonyl (C=O) groups excluding carboxylic acids is 1. The summed E-state index contributed by atoms with van der Waals surface area (Å²) in [5, 5.41) is 13.5. The molecule has 24 heavy (non-hydrogen) atoms. The van der Waals surface area contributed by atoms with Gasteiger partial charge in [0.15, 0.2) is 11.5 Å². The lowest BCUT2D eigenvalue weighted by Gasteiger charge is -2.40. The predicted molar refractivity (Wildman–Crippen MR) is 87.5 cm³/mol. The SMILES string of the molecule is CN(C(=O)c1cc(-c2ccccc2)on1)C1(C(=O)O)CCCCC1. The largest absolute Gasteiger partial charge is 0.479 e. The monoisotopic (exact) mass is 328 g/mol. The second kappa shape index (κ2) is 6.47. The van der Waals surface area contributed by atoms with Crippen molar-refractivity contribution in [2.45, 2.75) is 37.6 Å². The number of hydrogen-bond acceptors (Lipinski definition) is 4. The Morgan fingerprint density at radius 3 is 2.46 bits per heavy atom. The van der Waals surface area contributed by atoms with Crippen LogP contribution < -0.4 is 0 Å². The highest BCUT2D eigenvalue weighted by atomic mass is 16.5.